The van der Waals surface area contributed by atoms with Gasteiger partial charge in [0, 0.05) is 26.3 Å². The smallest absolute Gasteiger partial charge is 0.340 e. The van der Waals surface area contributed by atoms with Crippen LogP contribution in [0, 0.1) is 19.3 Å². The van der Waals surface area contributed by atoms with Crippen LogP contribution in [-0.4, -0.2) is 46.6 Å². The van der Waals surface area contributed by atoms with Gasteiger partial charge in [-0.1, -0.05) is 24.1 Å². The molecule has 156 valence electrons. The van der Waals surface area contributed by atoms with Crippen molar-refractivity contribution < 1.29 is 19.0 Å². The number of benzene rings is 1. The number of nitrogen functional groups attached to an aromatic ring is 1. The van der Waals surface area contributed by atoms with Gasteiger partial charge in [-0.15, -0.1) is 6.42 Å². The maximum atomic E-state index is 12.0. The van der Waals surface area contributed by atoms with Crippen molar-refractivity contribution in [3.8, 4) is 12.3 Å². The predicted molar refractivity (Wildman–Crippen MR) is 113 cm³/mol. The summed E-state index contributed by atoms with van der Waals surface area (Å²) >= 11 is 0. The summed E-state index contributed by atoms with van der Waals surface area (Å²) in [6.45, 7) is 2.16. The van der Waals surface area contributed by atoms with Crippen molar-refractivity contribution in [2.24, 2.45) is 0 Å². The first-order chi connectivity index (χ1) is 14.5. The van der Waals surface area contributed by atoms with Crippen LogP contribution in [-0.2, 0) is 20.8 Å². The number of fused-ring (bicyclic) bond motifs is 1. The number of nitrogens with zero attached hydrogens (tertiary/aromatic N) is 3. The van der Waals surface area contributed by atoms with Crippen LogP contribution in [0.2, 0.25) is 0 Å². The highest BCUT2D eigenvalue weighted by Crippen LogP contribution is 2.22. The summed E-state index contributed by atoms with van der Waals surface area (Å²) in [5, 5.41) is 0.786. The minimum Gasteiger partial charge on any atom is -0.435 e. The molecule has 8 nitrogen and oxygen atoms in total. The summed E-state index contributed by atoms with van der Waals surface area (Å²) in [5.74, 6) is 3.23. The van der Waals surface area contributed by atoms with Gasteiger partial charge in [-0.05, 0) is 25.1 Å². The van der Waals surface area contributed by atoms with Crippen molar-refractivity contribution >= 4 is 22.8 Å². The molecule has 1 unspecified atom stereocenters. The Kier molecular flexibility index (Phi) is 6.67. The first-order valence-electron chi connectivity index (χ1n) is 9.40. The van der Waals surface area contributed by atoms with Gasteiger partial charge >= 0.3 is 5.97 Å². The van der Waals surface area contributed by atoms with Crippen molar-refractivity contribution in [2.45, 2.75) is 25.5 Å². The van der Waals surface area contributed by atoms with E-state index < -0.39 is 11.6 Å². The minimum absolute atomic E-state index is 0.0669. The summed E-state index contributed by atoms with van der Waals surface area (Å²) in [6, 6.07) is 10.6. The molecule has 2 N–H and O–H groups in total. The van der Waals surface area contributed by atoms with E-state index in [2.05, 4.69) is 15.9 Å². The molecule has 2 heterocycles. The van der Waals surface area contributed by atoms with Gasteiger partial charge in [-0.25, -0.2) is 14.8 Å². The van der Waals surface area contributed by atoms with Crippen LogP contribution in [0.15, 0.2) is 42.6 Å². The average Bonchev–Trinajstić information content (AvgIpc) is 3.17. The lowest BCUT2D eigenvalue weighted by Crippen LogP contribution is -2.37. The minimum atomic E-state index is -0.983. The summed E-state index contributed by atoms with van der Waals surface area (Å²) in [5.41, 5.74) is 6.17. The van der Waals surface area contributed by atoms with E-state index in [1.165, 1.54) is 7.11 Å². The Morgan fingerprint density at radius 2 is 2.03 bits per heavy atom. The van der Waals surface area contributed by atoms with Crippen molar-refractivity contribution in [3.63, 3.8) is 0 Å². The third-order valence-corrected chi connectivity index (χ3v) is 4.79. The largest absolute Gasteiger partial charge is 0.435 e. The Hall–Kier alpha value is -3.41. The maximum absolute atomic E-state index is 12.0. The molecule has 1 atom stereocenters. The third kappa shape index (κ3) is 4.76. The van der Waals surface area contributed by atoms with Crippen LogP contribution in [0.1, 0.15) is 22.6 Å². The fourth-order valence-corrected chi connectivity index (χ4v) is 3.05. The van der Waals surface area contributed by atoms with E-state index in [9.17, 15) is 4.79 Å². The number of esters is 1. The molecule has 2 aromatic heterocycles. The summed E-state index contributed by atoms with van der Waals surface area (Å²) in [7, 11) is 1.53. The molecule has 0 amide bonds. The Bertz CT molecular complexity index is 1060. The highest BCUT2D eigenvalue weighted by atomic mass is 16.7. The Morgan fingerprint density at radius 1 is 1.27 bits per heavy atom. The normalized spacial score (nSPS) is 13.0. The quantitative estimate of drug-likeness (QED) is 0.251. The molecule has 0 saturated heterocycles. The number of hydrogen-bond donors (Lipinski definition) is 1. The van der Waals surface area contributed by atoms with E-state index in [4.69, 9.17) is 26.4 Å². The van der Waals surface area contributed by atoms with E-state index in [-0.39, 0.29) is 13.4 Å². The molecule has 0 aliphatic heterocycles. The fraction of sp³-hybridized carbons (Fsp3) is 0.318. The van der Waals surface area contributed by atoms with E-state index in [0.29, 0.717) is 30.2 Å². The molecule has 0 saturated carbocycles. The highest BCUT2D eigenvalue weighted by Gasteiger charge is 2.28. The monoisotopic (exact) mass is 408 g/mol. The van der Waals surface area contributed by atoms with Crippen LogP contribution in [0.25, 0.3) is 11.0 Å². The predicted octanol–water partition coefficient (Wildman–Crippen LogP) is 2.56. The van der Waals surface area contributed by atoms with Crippen LogP contribution in [0.4, 0.5) is 5.82 Å². The second kappa shape index (κ2) is 9.39. The Morgan fingerprint density at radius 3 is 2.73 bits per heavy atom. The number of carbonyl (C=O) groups excluding carboxylic acids is 1. The van der Waals surface area contributed by atoms with E-state index in [1.807, 2.05) is 22.9 Å². The molecule has 1 aromatic carbocycles. The fourth-order valence-electron chi connectivity index (χ4n) is 3.05. The molecule has 8 heteroatoms. The lowest BCUT2D eigenvalue weighted by atomic mass is 10.0. The van der Waals surface area contributed by atoms with Crippen molar-refractivity contribution in [3.05, 3.63) is 54.0 Å². The van der Waals surface area contributed by atoms with Gasteiger partial charge in [-0.3, -0.25) is 0 Å². The second-order valence-electron chi connectivity index (χ2n) is 6.76. The number of aromatic nitrogens is 3. The molecule has 3 aromatic rings. The first-order valence-corrected chi connectivity index (χ1v) is 9.40. The molecule has 0 aliphatic carbocycles. The van der Waals surface area contributed by atoms with Gasteiger partial charge in [0.1, 0.15) is 17.3 Å². The molecule has 0 fully saturated rings. The number of ether oxygens (including phenoxy) is 3. The number of rotatable bonds is 9. The number of hydrogen-bond acceptors (Lipinski definition) is 7. The number of nitrogens with two attached hydrogens (primary N) is 1. The summed E-state index contributed by atoms with van der Waals surface area (Å²) < 4.78 is 18.1. The lowest BCUT2D eigenvalue weighted by molar-refractivity contribution is -0.0913. The number of methoxy groups -OCH3 is 1. The van der Waals surface area contributed by atoms with Crippen LogP contribution >= 0.6 is 0 Å². The van der Waals surface area contributed by atoms with Crippen LogP contribution in [0.3, 0.4) is 0 Å². The molecular weight excluding hydrogens is 384 g/mol. The molecule has 0 spiro atoms. The zero-order valence-corrected chi connectivity index (χ0v) is 17.0. The first kappa shape index (κ1) is 21.3. The van der Waals surface area contributed by atoms with Crippen molar-refractivity contribution in [1.82, 2.24) is 14.5 Å². The number of aryl methyl sites for hydroxylation is 2. The van der Waals surface area contributed by atoms with Gasteiger partial charge in [0.15, 0.2) is 12.4 Å². The Labute approximate surface area is 175 Å². The number of anilines is 1. The zero-order chi connectivity index (χ0) is 21.6. The highest BCUT2D eigenvalue weighted by molar-refractivity contribution is 5.89. The molecular formula is C22H24N4O4. The van der Waals surface area contributed by atoms with Gasteiger partial charge in [-0.2, -0.15) is 0 Å². The average molecular weight is 408 g/mol. The van der Waals surface area contributed by atoms with Gasteiger partial charge < -0.3 is 24.5 Å². The van der Waals surface area contributed by atoms with Crippen molar-refractivity contribution in [1.29, 1.82) is 0 Å². The Balaban J connectivity index is 1.58. The molecule has 0 radical (unpaired) electrons. The summed E-state index contributed by atoms with van der Waals surface area (Å²) in [6.07, 6.45) is 8.08. The summed E-state index contributed by atoms with van der Waals surface area (Å²) in [4.78, 5) is 20.6. The van der Waals surface area contributed by atoms with Gasteiger partial charge in [0.25, 0.3) is 0 Å². The maximum Gasteiger partial charge on any atom is 0.340 e. The standard InChI is InChI=1S/C22H24N4O4/c1-4-22(28-3,14-29-15-30-21(27)17-8-6-5-7-9-17)11-13-26-12-10-18-19(23)24-16(2)25-20(18)26/h1,5-10,12H,11,13-15H2,2-3H3,(H2,23,24,25). The zero-order valence-electron chi connectivity index (χ0n) is 17.0. The molecule has 3 rings (SSSR count). The molecule has 0 bridgehead atoms. The van der Waals surface area contributed by atoms with E-state index in [1.54, 1.807) is 31.2 Å². The molecule has 30 heavy (non-hydrogen) atoms. The molecule has 0 aliphatic rings. The van der Waals surface area contributed by atoms with E-state index in [0.717, 1.165) is 11.0 Å². The second-order valence-corrected chi connectivity index (χ2v) is 6.76. The van der Waals surface area contributed by atoms with Gasteiger partial charge in [0.2, 0.25) is 0 Å². The number of terminal acetylenes is 1. The SMILES string of the molecule is C#CC(CCn1ccc2c(N)nc(C)nc21)(COCOC(=O)c1ccccc1)OC. The van der Waals surface area contributed by atoms with Crippen LogP contribution < -0.4 is 5.73 Å². The number of carbonyl (C=O) groups is 1. The van der Waals surface area contributed by atoms with E-state index >= 15 is 0 Å². The third-order valence-electron chi connectivity index (χ3n) is 4.79. The lowest BCUT2D eigenvalue weighted by Gasteiger charge is -2.27. The van der Waals surface area contributed by atoms with Gasteiger partial charge in [0.05, 0.1) is 17.6 Å². The van der Waals surface area contributed by atoms with Crippen LogP contribution in [0.5, 0.6) is 0 Å². The topological polar surface area (TPSA) is 101 Å². The van der Waals surface area contributed by atoms with Crippen molar-refractivity contribution in [2.75, 3.05) is 26.2 Å².